The smallest absolute Gasteiger partial charge is 0.233 e. The number of benzene rings is 1. The van der Waals surface area contributed by atoms with Crippen LogP contribution in [-0.2, 0) is 23.7 Å². The summed E-state index contributed by atoms with van der Waals surface area (Å²) in [6.45, 7) is 4.15. The third-order valence-corrected chi connectivity index (χ3v) is 4.90. The topological polar surface area (TPSA) is 90.9 Å². The zero-order chi connectivity index (χ0) is 16.7. The molecule has 0 spiro atoms. The summed E-state index contributed by atoms with van der Waals surface area (Å²) < 4.78 is 0. The molecule has 1 unspecified atom stereocenters. The Morgan fingerprint density at radius 1 is 1.35 bits per heavy atom. The standard InChI is InChI=1S/C16H22N4O2S/c1-11(2)15(23-10-12-6-4-3-5-7-12)16(22)17-8-13-18-14(9-21)20-19-13/h3-7,11,15,21H,8-10H2,1-2H3,(H,17,22)(H,18,19,20). The zero-order valence-corrected chi connectivity index (χ0v) is 14.1. The second kappa shape index (κ2) is 8.69. The molecule has 1 amide bonds. The molecular weight excluding hydrogens is 312 g/mol. The number of amides is 1. The molecule has 0 aliphatic carbocycles. The van der Waals surface area contributed by atoms with Crippen LogP contribution in [0.3, 0.4) is 0 Å². The first-order valence-electron chi connectivity index (χ1n) is 7.54. The Bertz CT molecular complexity index is 616. The second-order valence-corrected chi connectivity index (χ2v) is 6.67. The van der Waals surface area contributed by atoms with Gasteiger partial charge in [-0.15, -0.1) is 11.8 Å². The van der Waals surface area contributed by atoms with Crippen molar-refractivity contribution in [3.05, 3.63) is 47.5 Å². The SMILES string of the molecule is CC(C)C(SCc1ccccc1)C(=O)NCc1nc(CO)n[nH]1. The van der Waals surface area contributed by atoms with Gasteiger partial charge in [-0.1, -0.05) is 44.2 Å². The molecule has 1 heterocycles. The molecule has 1 aromatic heterocycles. The van der Waals surface area contributed by atoms with E-state index in [1.165, 1.54) is 5.56 Å². The first kappa shape index (κ1) is 17.5. The molecule has 1 atom stereocenters. The maximum Gasteiger partial charge on any atom is 0.233 e. The lowest BCUT2D eigenvalue weighted by Crippen LogP contribution is -2.35. The molecule has 0 saturated carbocycles. The molecule has 6 nitrogen and oxygen atoms in total. The van der Waals surface area contributed by atoms with Gasteiger partial charge < -0.3 is 10.4 Å². The van der Waals surface area contributed by atoms with Gasteiger partial charge in [-0.05, 0) is 11.5 Å². The lowest BCUT2D eigenvalue weighted by atomic mass is 10.1. The van der Waals surface area contributed by atoms with Crippen molar-refractivity contribution in [2.75, 3.05) is 0 Å². The lowest BCUT2D eigenvalue weighted by molar-refractivity contribution is -0.121. The second-order valence-electron chi connectivity index (χ2n) is 5.54. The number of nitrogens with zero attached hydrogens (tertiary/aromatic N) is 2. The molecule has 124 valence electrons. The predicted molar refractivity (Wildman–Crippen MR) is 90.5 cm³/mol. The van der Waals surface area contributed by atoms with Gasteiger partial charge in [0.25, 0.3) is 0 Å². The quantitative estimate of drug-likeness (QED) is 0.685. The van der Waals surface area contributed by atoms with Gasteiger partial charge in [0, 0.05) is 5.75 Å². The van der Waals surface area contributed by atoms with Crippen molar-refractivity contribution in [1.29, 1.82) is 0 Å². The first-order valence-corrected chi connectivity index (χ1v) is 8.59. The lowest BCUT2D eigenvalue weighted by Gasteiger charge is -2.19. The zero-order valence-electron chi connectivity index (χ0n) is 13.3. The number of aliphatic hydroxyl groups excluding tert-OH is 1. The van der Waals surface area contributed by atoms with E-state index in [4.69, 9.17) is 5.11 Å². The Morgan fingerprint density at radius 2 is 2.09 bits per heavy atom. The molecule has 0 aliphatic heterocycles. The van der Waals surface area contributed by atoms with Crippen molar-refractivity contribution < 1.29 is 9.90 Å². The number of carbonyl (C=O) groups excluding carboxylic acids is 1. The Balaban J connectivity index is 1.87. The van der Waals surface area contributed by atoms with Crippen molar-refractivity contribution in [3.8, 4) is 0 Å². The largest absolute Gasteiger partial charge is 0.388 e. The van der Waals surface area contributed by atoms with Crippen LogP contribution in [0.5, 0.6) is 0 Å². The molecule has 0 aliphatic rings. The minimum Gasteiger partial charge on any atom is -0.388 e. The molecule has 0 saturated heterocycles. The Morgan fingerprint density at radius 3 is 2.70 bits per heavy atom. The minimum absolute atomic E-state index is 0.0112. The molecule has 2 rings (SSSR count). The molecular formula is C16H22N4O2S. The van der Waals surface area contributed by atoms with Crippen molar-refractivity contribution >= 4 is 17.7 Å². The number of hydrogen-bond donors (Lipinski definition) is 3. The minimum atomic E-state index is -0.216. The van der Waals surface area contributed by atoms with E-state index < -0.39 is 0 Å². The number of hydrogen-bond acceptors (Lipinski definition) is 5. The summed E-state index contributed by atoms with van der Waals surface area (Å²) in [7, 11) is 0. The van der Waals surface area contributed by atoms with E-state index in [-0.39, 0.29) is 30.2 Å². The van der Waals surface area contributed by atoms with Crippen molar-refractivity contribution in [1.82, 2.24) is 20.5 Å². The summed E-state index contributed by atoms with van der Waals surface area (Å²) >= 11 is 1.64. The van der Waals surface area contributed by atoms with Crippen LogP contribution in [0.4, 0.5) is 0 Å². The fraction of sp³-hybridized carbons (Fsp3) is 0.438. The number of aliphatic hydroxyl groups is 1. The number of nitrogens with one attached hydrogen (secondary N) is 2. The highest BCUT2D eigenvalue weighted by Gasteiger charge is 2.22. The van der Waals surface area contributed by atoms with Crippen molar-refractivity contribution in [3.63, 3.8) is 0 Å². The van der Waals surface area contributed by atoms with Gasteiger partial charge >= 0.3 is 0 Å². The van der Waals surface area contributed by atoms with E-state index in [0.29, 0.717) is 11.6 Å². The molecule has 2 aromatic rings. The summed E-state index contributed by atoms with van der Waals surface area (Å²) in [4.78, 5) is 16.5. The molecule has 7 heteroatoms. The van der Waals surface area contributed by atoms with E-state index in [1.807, 2.05) is 32.0 Å². The Labute approximate surface area is 140 Å². The van der Waals surface area contributed by atoms with Gasteiger partial charge in [0.1, 0.15) is 12.4 Å². The highest BCUT2D eigenvalue weighted by atomic mass is 32.2. The highest BCUT2D eigenvalue weighted by Crippen LogP contribution is 2.24. The fourth-order valence-electron chi connectivity index (χ4n) is 2.09. The number of aromatic amines is 1. The van der Waals surface area contributed by atoms with Crippen LogP contribution in [0.25, 0.3) is 0 Å². The normalized spacial score (nSPS) is 12.3. The molecule has 3 N–H and O–H groups in total. The third-order valence-electron chi connectivity index (χ3n) is 3.29. The van der Waals surface area contributed by atoms with Gasteiger partial charge in [-0.25, -0.2) is 4.98 Å². The van der Waals surface area contributed by atoms with Crippen LogP contribution in [-0.4, -0.2) is 31.4 Å². The molecule has 0 bridgehead atoms. The molecule has 0 fully saturated rings. The molecule has 0 radical (unpaired) electrons. The number of rotatable bonds is 8. The number of H-pyrrole nitrogens is 1. The predicted octanol–water partition coefficient (Wildman–Crippen LogP) is 1.87. The average molecular weight is 334 g/mol. The Hall–Kier alpha value is -1.86. The monoisotopic (exact) mass is 334 g/mol. The number of aromatic nitrogens is 3. The number of carbonyl (C=O) groups is 1. The van der Waals surface area contributed by atoms with Gasteiger partial charge in [-0.2, -0.15) is 5.10 Å². The van der Waals surface area contributed by atoms with Crippen molar-refractivity contribution in [2.45, 2.75) is 38.0 Å². The maximum absolute atomic E-state index is 12.4. The van der Waals surface area contributed by atoms with E-state index in [0.717, 1.165) is 5.75 Å². The van der Waals surface area contributed by atoms with E-state index in [2.05, 4.69) is 32.6 Å². The van der Waals surface area contributed by atoms with Gasteiger partial charge in [-0.3, -0.25) is 9.89 Å². The summed E-state index contributed by atoms with van der Waals surface area (Å²) in [6.07, 6.45) is 0. The van der Waals surface area contributed by atoms with Gasteiger partial charge in [0.2, 0.25) is 5.91 Å². The Kier molecular flexibility index (Phi) is 6.61. The van der Waals surface area contributed by atoms with Gasteiger partial charge in [0.15, 0.2) is 5.82 Å². The third kappa shape index (κ3) is 5.37. The van der Waals surface area contributed by atoms with Crippen LogP contribution in [0, 0.1) is 5.92 Å². The van der Waals surface area contributed by atoms with E-state index in [1.54, 1.807) is 11.8 Å². The maximum atomic E-state index is 12.4. The number of thioether (sulfide) groups is 1. The molecule has 1 aromatic carbocycles. The summed E-state index contributed by atoms with van der Waals surface area (Å²) in [6, 6.07) is 10.1. The van der Waals surface area contributed by atoms with Crippen LogP contribution >= 0.6 is 11.8 Å². The van der Waals surface area contributed by atoms with E-state index >= 15 is 0 Å². The summed E-state index contributed by atoms with van der Waals surface area (Å²) in [5.74, 6) is 1.88. The summed E-state index contributed by atoms with van der Waals surface area (Å²) in [5, 5.41) is 18.2. The van der Waals surface area contributed by atoms with Crippen LogP contribution in [0.1, 0.15) is 31.1 Å². The van der Waals surface area contributed by atoms with Crippen LogP contribution < -0.4 is 5.32 Å². The average Bonchev–Trinajstić information content (AvgIpc) is 3.02. The highest BCUT2D eigenvalue weighted by molar-refractivity contribution is 7.99. The first-order chi connectivity index (χ1) is 11.1. The van der Waals surface area contributed by atoms with Crippen LogP contribution in [0.2, 0.25) is 0 Å². The fourth-order valence-corrected chi connectivity index (χ4v) is 3.27. The molecule has 23 heavy (non-hydrogen) atoms. The van der Waals surface area contributed by atoms with Crippen molar-refractivity contribution in [2.24, 2.45) is 5.92 Å². The van der Waals surface area contributed by atoms with Crippen LogP contribution in [0.15, 0.2) is 30.3 Å². The summed E-state index contributed by atoms with van der Waals surface area (Å²) in [5.41, 5.74) is 1.21. The van der Waals surface area contributed by atoms with Gasteiger partial charge in [0.05, 0.1) is 11.8 Å². The van der Waals surface area contributed by atoms with E-state index in [9.17, 15) is 4.79 Å².